The van der Waals surface area contributed by atoms with E-state index in [9.17, 15) is 13.2 Å². The van der Waals surface area contributed by atoms with E-state index in [-0.39, 0.29) is 36.3 Å². The predicted octanol–water partition coefficient (Wildman–Crippen LogP) is 1.47. The topological polar surface area (TPSA) is 141 Å². The molecule has 0 spiro atoms. The van der Waals surface area contributed by atoms with Crippen molar-refractivity contribution in [1.29, 1.82) is 5.41 Å². The van der Waals surface area contributed by atoms with E-state index in [1.807, 2.05) is 0 Å². The summed E-state index contributed by atoms with van der Waals surface area (Å²) < 4.78 is 42.4. The van der Waals surface area contributed by atoms with Gasteiger partial charge in [-0.25, -0.2) is 17.9 Å². The van der Waals surface area contributed by atoms with E-state index in [1.54, 1.807) is 18.2 Å². The van der Waals surface area contributed by atoms with Gasteiger partial charge >= 0.3 is 5.97 Å². The van der Waals surface area contributed by atoms with E-state index in [4.69, 9.17) is 20.6 Å². The molecule has 0 aliphatic heterocycles. The minimum atomic E-state index is -3.69. The molecule has 0 atom stereocenters. The van der Waals surface area contributed by atoms with Crippen LogP contribution in [0.2, 0.25) is 0 Å². The lowest BCUT2D eigenvalue weighted by Crippen LogP contribution is -2.26. The summed E-state index contributed by atoms with van der Waals surface area (Å²) in [6, 6.07) is 10.9. The standard InChI is InChI=1S/C19H23N3O6S.ClH/c1-26-17-11-13(3-8-16(17)28-12-18(23)27-2)9-10-22-29(24,25)15-6-4-14(5-7-15)19(20)21;/h3-8,11,22H,9-10,12H2,1-2H3,(H3,20,21);1H. The molecule has 30 heavy (non-hydrogen) atoms. The van der Waals surface area contributed by atoms with Crippen molar-refractivity contribution in [2.75, 3.05) is 27.4 Å². The zero-order valence-corrected chi connectivity index (χ0v) is 18.1. The van der Waals surface area contributed by atoms with E-state index >= 15 is 0 Å². The number of rotatable bonds is 10. The first-order valence-corrected chi connectivity index (χ1v) is 10.1. The van der Waals surface area contributed by atoms with Crippen LogP contribution in [0.1, 0.15) is 11.1 Å². The first-order chi connectivity index (χ1) is 13.8. The number of nitrogens with two attached hydrogens (primary N) is 1. The van der Waals surface area contributed by atoms with E-state index in [2.05, 4.69) is 9.46 Å². The molecular weight excluding hydrogens is 434 g/mol. The van der Waals surface area contributed by atoms with Gasteiger partial charge in [0.1, 0.15) is 5.84 Å². The number of benzene rings is 2. The van der Waals surface area contributed by atoms with Crippen molar-refractivity contribution >= 4 is 34.2 Å². The number of halogens is 1. The Bertz CT molecular complexity index is 980. The molecule has 11 heteroatoms. The van der Waals surface area contributed by atoms with Crippen LogP contribution in [-0.2, 0) is 26.0 Å². The first kappa shape index (κ1) is 25.2. The quantitative estimate of drug-likeness (QED) is 0.278. The van der Waals surface area contributed by atoms with Crippen LogP contribution in [-0.4, -0.2) is 47.6 Å². The highest BCUT2D eigenvalue weighted by molar-refractivity contribution is 7.89. The number of carbonyl (C=O) groups is 1. The van der Waals surface area contributed by atoms with Crippen LogP contribution in [0.3, 0.4) is 0 Å². The Kier molecular flexibility index (Phi) is 9.57. The third kappa shape index (κ3) is 6.90. The maximum atomic E-state index is 12.4. The molecule has 0 saturated heterocycles. The Morgan fingerprint density at radius 2 is 1.77 bits per heavy atom. The zero-order valence-electron chi connectivity index (χ0n) is 16.5. The first-order valence-electron chi connectivity index (χ1n) is 8.57. The lowest BCUT2D eigenvalue weighted by Gasteiger charge is -2.12. The number of nitrogens with one attached hydrogen (secondary N) is 2. The summed E-state index contributed by atoms with van der Waals surface area (Å²) in [6.45, 7) is -0.0727. The minimum Gasteiger partial charge on any atom is -0.493 e. The average Bonchev–Trinajstić information content (AvgIpc) is 2.72. The van der Waals surface area contributed by atoms with Gasteiger partial charge in [0.25, 0.3) is 0 Å². The third-order valence-electron chi connectivity index (χ3n) is 3.98. The maximum absolute atomic E-state index is 12.4. The maximum Gasteiger partial charge on any atom is 0.343 e. The van der Waals surface area contributed by atoms with Gasteiger partial charge < -0.3 is 19.9 Å². The SMILES string of the molecule is COC(=O)COc1ccc(CCNS(=O)(=O)c2ccc(C(=N)N)cc2)cc1OC.Cl. The fourth-order valence-electron chi connectivity index (χ4n) is 2.41. The highest BCUT2D eigenvalue weighted by Gasteiger charge is 2.14. The highest BCUT2D eigenvalue weighted by atomic mass is 35.5. The minimum absolute atomic E-state index is 0. The van der Waals surface area contributed by atoms with Gasteiger partial charge in [-0.1, -0.05) is 6.07 Å². The second kappa shape index (κ2) is 11.4. The largest absolute Gasteiger partial charge is 0.493 e. The number of esters is 1. The number of carbonyl (C=O) groups excluding carboxylic acids is 1. The van der Waals surface area contributed by atoms with Gasteiger partial charge in [0.15, 0.2) is 18.1 Å². The zero-order chi connectivity index (χ0) is 21.4. The number of nitrogen functional groups attached to an aromatic ring is 1. The van der Waals surface area contributed by atoms with Crippen molar-refractivity contribution in [3.05, 3.63) is 53.6 Å². The fourth-order valence-corrected chi connectivity index (χ4v) is 3.44. The van der Waals surface area contributed by atoms with Gasteiger partial charge in [0.2, 0.25) is 10.0 Å². The van der Waals surface area contributed by atoms with Crippen molar-refractivity contribution < 1.29 is 27.4 Å². The summed E-state index contributed by atoms with van der Waals surface area (Å²) in [7, 11) is -0.948. The molecule has 2 rings (SSSR count). The van der Waals surface area contributed by atoms with Crippen molar-refractivity contribution in [2.45, 2.75) is 11.3 Å². The summed E-state index contributed by atoms with van der Waals surface area (Å²) >= 11 is 0. The molecule has 0 aliphatic rings. The molecule has 0 aliphatic carbocycles. The monoisotopic (exact) mass is 457 g/mol. The Hall–Kier alpha value is -2.82. The summed E-state index contributed by atoms with van der Waals surface area (Å²) in [4.78, 5) is 11.3. The molecule has 9 nitrogen and oxygen atoms in total. The molecule has 0 bridgehead atoms. The second-order valence-corrected chi connectivity index (χ2v) is 7.70. The lowest BCUT2D eigenvalue weighted by atomic mass is 10.1. The molecule has 2 aromatic carbocycles. The Labute approximate surface area is 181 Å². The molecule has 0 aromatic heterocycles. The smallest absolute Gasteiger partial charge is 0.343 e. The van der Waals surface area contributed by atoms with Crippen molar-refractivity contribution in [2.24, 2.45) is 5.73 Å². The summed E-state index contributed by atoms with van der Waals surface area (Å²) in [5.41, 5.74) is 6.64. The molecule has 164 valence electrons. The van der Waals surface area contributed by atoms with Gasteiger partial charge in [-0.15, -0.1) is 12.4 Å². The van der Waals surface area contributed by atoms with Crippen molar-refractivity contribution in [1.82, 2.24) is 4.72 Å². The lowest BCUT2D eigenvalue weighted by molar-refractivity contribution is -0.142. The van der Waals surface area contributed by atoms with Crippen molar-refractivity contribution in [3.63, 3.8) is 0 Å². The second-order valence-electron chi connectivity index (χ2n) is 5.94. The number of amidine groups is 1. The van der Waals surface area contributed by atoms with E-state index < -0.39 is 16.0 Å². The Balaban J connectivity index is 0.00000450. The molecule has 0 saturated carbocycles. The van der Waals surface area contributed by atoms with Gasteiger partial charge in [-0.2, -0.15) is 0 Å². The van der Waals surface area contributed by atoms with Crippen LogP contribution in [0, 0.1) is 5.41 Å². The average molecular weight is 458 g/mol. The molecule has 0 fully saturated rings. The van der Waals surface area contributed by atoms with Gasteiger partial charge in [0, 0.05) is 12.1 Å². The number of sulfonamides is 1. The number of hydrogen-bond donors (Lipinski definition) is 3. The summed E-state index contributed by atoms with van der Waals surface area (Å²) in [5, 5.41) is 7.34. The fraction of sp³-hybridized carbons (Fsp3) is 0.263. The van der Waals surface area contributed by atoms with Crippen LogP contribution in [0.4, 0.5) is 0 Å². The summed E-state index contributed by atoms with van der Waals surface area (Å²) in [6.07, 6.45) is 0.415. The predicted molar refractivity (Wildman–Crippen MR) is 114 cm³/mol. The van der Waals surface area contributed by atoms with Crippen LogP contribution < -0.4 is 19.9 Å². The molecule has 0 radical (unpaired) electrons. The number of methoxy groups -OCH3 is 2. The van der Waals surface area contributed by atoms with Crippen LogP contribution in [0.15, 0.2) is 47.4 Å². The van der Waals surface area contributed by atoms with Gasteiger partial charge in [-0.05, 0) is 48.4 Å². The molecular formula is C19H24ClN3O6S. The molecule has 0 heterocycles. The van der Waals surface area contributed by atoms with E-state index in [0.29, 0.717) is 23.5 Å². The van der Waals surface area contributed by atoms with E-state index in [1.165, 1.54) is 38.5 Å². The molecule has 0 amide bonds. The number of hydrogen-bond acceptors (Lipinski definition) is 7. The Morgan fingerprint density at radius 1 is 1.10 bits per heavy atom. The molecule has 4 N–H and O–H groups in total. The summed E-state index contributed by atoms with van der Waals surface area (Å²) in [5.74, 6) is 0.165. The molecule has 0 unspecified atom stereocenters. The van der Waals surface area contributed by atoms with Crippen LogP contribution >= 0.6 is 12.4 Å². The van der Waals surface area contributed by atoms with Gasteiger partial charge in [-0.3, -0.25) is 5.41 Å². The third-order valence-corrected chi connectivity index (χ3v) is 5.46. The van der Waals surface area contributed by atoms with Crippen LogP contribution in [0.5, 0.6) is 11.5 Å². The molecule has 2 aromatic rings. The van der Waals surface area contributed by atoms with Crippen molar-refractivity contribution in [3.8, 4) is 11.5 Å². The Morgan fingerprint density at radius 3 is 2.33 bits per heavy atom. The van der Waals surface area contributed by atoms with Crippen LogP contribution in [0.25, 0.3) is 0 Å². The van der Waals surface area contributed by atoms with E-state index in [0.717, 1.165) is 5.56 Å². The van der Waals surface area contributed by atoms with Gasteiger partial charge in [0.05, 0.1) is 19.1 Å². The highest BCUT2D eigenvalue weighted by Crippen LogP contribution is 2.28. The normalized spacial score (nSPS) is 10.6. The number of ether oxygens (including phenoxy) is 3.